The number of anilines is 3. The van der Waals surface area contributed by atoms with Gasteiger partial charge in [-0.05, 0) is 69.8 Å². The Morgan fingerprint density at radius 1 is 1.16 bits per heavy atom. The van der Waals surface area contributed by atoms with Crippen molar-refractivity contribution in [3.63, 3.8) is 0 Å². The Kier molecular flexibility index (Phi) is 9.72. The van der Waals surface area contributed by atoms with E-state index in [9.17, 15) is 10.1 Å². The zero-order valence-electron chi connectivity index (χ0n) is 24.1. The van der Waals surface area contributed by atoms with E-state index in [1.165, 1.54) is 12.6 Å². The van der Waals surface area contributed by atoms with Crippen LogP contribution in [0.5, 0.6) is 11.5 Å². The first-order valence-electron chi connectivity index (χ1n) is 14.2. The molecule has 1 atom stereocenters. The molecule has 0 aliphatic carbocycles. The molecule has 0 saturated carbocycles. The van der Waals surface area contributed by atoms with E-state index < -0.39 is 0 Å². The second-order valence-corrected chi connectivity index (χ2v) is 10.6. The molecule has 2 aromatic heterocycles. The fourth-order valence-electron chi connectivity index (χ4n) is 5.00. The first kappa shape index (κ1) is 29.8. The molecule has 0 spiro atoms. The molecule has 10 heteroatoms. The number of halogens is 1. The number of fused-ring (bicyclic) bond motifs is 1. The lowest BCUT2D eigenvalue weighted by Crippen LogP contribution is -2.34. The first-order valence-corrected chi connectivity index (χ1v) is 14.6. The summed E-state index contributed by atoms with van der Waals surface area (Å²) in [5, 5.41) is 17.2. The number of rotatable bonds is 10. The Labute approximate surface area is 256 Å². The number of hydrogen-bond donors (Lipinski definition) is 2. The number of aromatic nitrogens is 2. The summed E-state index contributed by atoms with van der Waals surface area (Å²) in [7, 11) is 2.08. The number of nitrogens with one attached hydrogen (secondary N) is 2. The molecule has 1 fully saturated rings. The molecule has 1 unspecified atom stereocenters. The van der Waals surface area contributed by atoms with Crippen molar-refractivity contribution >= 4 is 45.5 Å². The lowest BCUT2D eigenvalue weighted by Gasteiger charge is -2.30. The van der Waals surface area contributed by atoms with E-state index in [0.717, 1.165) is 25.1 Å². The summed E-state index contributed by atoms with van der Waals surface area (Å²) >= 11 is 6.55. The van der Waals surface area contributed by atoms with Crippen molar-refractivity contribution in [3.05, 3.63) is 89.4 Å². The normalized spacial score (nSPS) is 15.3. The third kappa shape index (κ3) is 7.41. The Bertz CT molecular complexity index is 1670. The van der Waals surface area contributed by atoms with Gasteiger partial charge < -0.3 is 20.1 Å². The number of nitrogens with zero attached hydrogens (tertiary/aromatic N) is 4. The number of piperidine rings is 1. The summed E-state index contributed by atoms with van der Waals surface area (Å²) in [5.74, 6) is 0.746. The topological polar surface area (TPSA) is 112 Å². The predicted molar refractivity (Wildman–Crippen MR) is 169 cm³/mol. The molecule has 5 rings (SSSR count). The Balaban J connectivity index is 1.41. The van der Waals surface area contributed by atoms with Gasteiger partial charge in [0.25, 0.3) is 0 Å². The molecule has 1 aliphatic rings. The minimum Gasteiger partial charge on any atom is -0.492 e. The van der Waals surface area contributed by atoms with E-state index >= 15 is 0 Å². The fraction of sp³-hybridized carbons (Fsp3) is 0.273. The number of pyridine rings is 2. The number of benzene rings is 2. The van der Waals surface area contributed by atoms with Crippen molar-refractivity contribution in [2.45, 2.75) is 38.8 Å². The number of carbonyl (C=O) groups is 1. The molecule has 1 saturated heterocycles. The summed E-state index contributed by atoms with van der Waals surface area (Å²) < 4.78 is 11.7. The smallest absolute Gasteiger partial charge is 0.248 e. The van der Waals surface area contributed by atoms with Gasteiger partial charge in [0.05, 0.1) is 39.8 Å². The van der Waals surface area contributed by atoms with E-state index in [1.54, 1.807) is 36.5 Å². The van der Waals surface area contributed by atoms with Gasteiger partial charge in [0.2, 0.25) is 5.91 Å². The molecule has 1 aliphatic heterocycles. The largest absolute Gasteiger partial charge is 0.492 e. The SMILES string of the molecule is CCOc1cc2ncc(C#N)c(Nc3ccc(OCc4ccccn4)c(Cl)c3)c2cc1NC(=O)C=CC1CCCCN1C. The predicted octanol–water partition coefficient (Wildman–Crippen LogP) is 6.86. The van der Waals surface area contributed by atoms with Gasteiger partial charge in [-0.15, -0.1) is 0 Å². The second kappa shape index (κ2) is 14.0. The number of amides is 1. The van der Waals surface area contributed by atoms with Gasteiger partial charge in [-0.3, -0.25) is 19.7 Å². The molecular weight excluding hydrogens is 564 g/mol. The summed E-state index contributed by atoms with van der Waals surface area (Å²) in [6.45, 7) is 3.59. The van der Waals surface area contributed by atoms with Gasteiger partial charge in [0, 0.05) is 41.7 Å². The van der Waals surface area contributed by atoms with Crippen LogP contribution in [0.2, 0.25) is 5.02 Å². The van der Waals surface area contributed by atoms with Gasteiger partial charge in [-0.1, -0.05) is 30.2 Å². The average molecular weight is 597 g/mol. The number of carbonyl (C=O) groups excluding carboxylic acids is 1. The number of nitriles is 1. The minimum absolute atomic E-state index is 0.235. The van der Waals surface area contributed by atoms with E-state index in [1.807, 2.05) is 37.3 Å². The molecule has 3 heterocycles. The molecule has 9 nitrogen and oxygen atoms in total. The van der Waals surface area contributed by atoms with E-state index in [2.05, 4.69) is 38.6 Å². The first-order chi connectivity index (χ1) is 20.9. The van der Waals surface area contributed by atoms with Gasteiger partial charge in [-0.25, -0.2) is 0 Å². The quantitative estimate of drug-likeness (QED) is 0.191. The standard InChI is InChI=1S/C33H33ClN6O3/c1-3-42-31-18-28-26(17-29(31)39-32(41)13-11-25-9-5-7-15-40(25)2)33(22(19-35)20-37-28)38-23-10-12-30(27(34)16-23)43-21-24-8-4-6-14-36-24/h4,6,8,10-14,16-18,20,25H,3,5,7,9,15,21H2,1-2H3,(H,37,38)(H,39,41). The summed E-state index contributed by atoms with van der Waals surface area (Å²) in [4.78, 5) is 24.0. The van der Waals surface area contributed by atoms with Crippen molar-refractivity contribution < 1.29 is 14.3 Å². The zero-order chi connectivity index (χ0) is 30.2. The Morgan fingerprint density at radius 2 is 2.05 bits per heavy atom. The van der Waals surface area contributed by atoms with Crippen LogP contribution in [0.25, 0.3) is 10.9 Å². The minimum atomic E-state index is -0.258. The highest BCUT2D eigenvalue weighted by Gasteiger charge is 2.18. The van der Waals surface area contributed by atoms with Crippen molar-refractivity contribution in [2.75, 3.05) is 30.8 Å². The average Bonchev–Trinajstić information content (AvgIpc) is 3.01. The third-order valence-corrected chi connectivity index (χ3v) is 7.54. The highest BCUT2D eigenvalue weighted by molar-refractivity contribution is 6.32. The zero-order valence-corrected chi connectivity index (χ0v) is 24.9. The number of likely N-dealkylation sites (N-methyl/N-ethyl adjacent to an activating group) is 1. The molecule has 0 radical (unpaired) electrons. The van der Waals surface area contributed by atoms with Crippen LogP contribution < -0.4 is 20.1 Å². The molecular formula is C33H33ClN6O3. The molecule has 2 aromatic carbocycles. The Hall–Kier alpha value is -4.65. The van der Waals surface area contributed by atoms with Gasteiger partial charge in [0.1, 0.15) is 24.2 Å². The number of hydrogen-bond acceptors (Lipinski definition) is 8. The van der Waals surface area contributed by atoms with Crippen molar-refractivity contribution in [1.82, 2.24) is 14.9 Å². The molecule has 2 N–H and O–H groups in total. The lowest BCUT2D eigenvalue weighted by atomic mass is 10.0. The molecule has 220 valence electrons. The van der Waals surface area contributed by atoms with Crippen LogP contribution in [0.1, 0.15) is 37.4 Å². The van der Waals surface area contributed by atoms with E-state index in [4.69, 9.17) is 21.1 Å². The molecule has 1 amide bonds. The van der Waals surface area contributed by atoms with Crippen molar-refractivity contribution in [1.29, 1.82) is 5.26 Å². The lowest BCUT2D eigenvalue weighted by molar-refractivity contribution is -0.112. The van der Waals surface area contributed by atoms with Gasteiger partial charge in [0.15, 0.2) is 0 Å². The summed E-state index contributed by atoms with van der Waals surface area (Å²) in [6, 6.07) is 16.9. The maximum Gasteiger partial charge on any atom is 0.248 e. The maximum atomic E-state index is 13.0. The van der Waals surface area contributed by atoms with Crippen LogP contribution in [0.3, 0.4) is 0 Å². The van der Waals surface area contributed by atoms with Crippen molar-refractivity contribution in [3.8, 4) is 17.6 Å². The number of ether oxygens (including phenoxy) is 2. The molecule has 0 bridgehead atoms. The van der Waals surface area contributed by atoms with Crippen LogP contribution >= 0.6 is 11.6 Å². The Morgan fingerprint density at radius 3 is 2.79 bits per heavy atom. The van der Waals surface area contributed by atoms with E-state index in [0.29, 0.717) is 56.7 Å². The maximum absolute atomic E-state index is 13.0. The fourth-order valence-corrected chi connectivity index (χ4v) is 5.24. The van der Waals surface area contributed by atoms with E-state index in [-0.39, 0.29) is 18.6 Å². The van der Waals surface area contributed by atoms with Gasteiger partial charge >= 0.3 is 0 Å². The van der Waals surface area contributed by atoms with Gasteiger partial charge in [-0.2, -0.15) is 5.26 Å². The van der Waals surface area contributed by atoms with Crippen LogP contribution in [0, 0.1) is 11.3 Å². The highest BCUT2D eigenvalue weighted by Crippen LogP contribution is 2.37. The van der Waals surface area contributed by atoms with Crippen LogP contribution in [0.15, 0.2) is 73.1 Å². The van der Waals surface area contributed by atoms with Crippen LogP contribution in [-0.2, 0) is 11.4 Å². The second-order valence-electron chi connectivity index (χ2n) is 10.2. The number of likely N-dealkylation sites (tertiary alicyclic amines) is 1. The molecule has 43 heavy (non-hydrogen) atoms. The summed E-state index contributed by atoms with van der Waals surface area (Å²) in [6.07, 6.45) is 10.1. The third-order valence-electron chi connectivity index (χ3n) is 7.25. The van der Waals surface area contributed by atoms with Crippen LogP contribution in [-0.4, -0.2) is 47.0 Å². The monoisotopic (exact) mass is 596 g/mol. The van der Waals surface area contributed by atoms with Crippen LogP contribution in [0.4, 0.5) is 17.1 Å². The molecule has 4 aromatic rings. The van der Waals surface area contributed by atoms with Crippen molar-refractivity contribution in [2.24, 2.45) is 0 Å². The highest BCUT2D eigenvalue weighted by atomic mass is 35.5. The summed E-state index contributed by atoms with van der Waals surface area (Å²) in [5.41, 5.74) is 3.39.